The van der Waals surface area contributed by atoms with Crippen LogP contribution in [-0.2, 0) is 34.2 Å². The van der Waals surface area contributed by atoms with E-state index >= 15 is 0 Å². The summed E-state index contributed by atoms with van der Waals surface area (Å²) in [7, 11) is -13.9. The summed E-state index contributed by atoms with van der Waals surface area (Å²) in [6, 6.07) is 0. The average Bonchev–Trinajstić information content (AvgIpc) is 2.97. The smallest absolute Gasteiger partial charge is 0.374 e. The fourth-order valence-electron chi connectivity index (χ4n) is 4.46. The first kappa shape index (κ1) is 38.6. The highest BCUT2D eigenvalue weighted by Crippen LogP contribution is 2.49. The predicted octanol–water partition coefficient (Wildman–Crippen LogP) is 8.73. The van der Waals surface area contributed by atoms with Crippen molar-refractivity contribution in [3.8, 4) is 0 Å². The van der Waals surface area contributed by atoms with Gasteiger partial charge in [0.25, 0.3) is 0 Å². The molecule has 8 nitrogen and oxygen atoms in total. The summed E-state index contributed by atoms with van der Waals surface area (Å²) >= 11 is 0. The summed E-state index contributed by atoms with van der Waals surface area (Å²) in [5.74, 6) is 0. The van der Waals surface area contributed by atoms with Gasteiger partial charge >= 0.3 is 35.2 Å². The summed E-state index contributed by atoms with van der Waals surface area (Å²) in [6.45, 7) is 28.0. The van der Waals surface area contributed by atoms with Gasteiger partial charge in [0.2, 0.25) is 0 Å². The first-order chi connectivity index (χ1) is 19.0. The van der Waals surface area contributed by atoms with Gasteiger partial charge in [-0.15, -0.1) is 0 Å². The molecule has 0 aromatic heterocycles. The molecule has 0 spiro atoms. The Kier molecular flexibility index (Phi) is 17.7. The maximum atomic E-state index is 7.45. The molecular weight excluding hydrogens is 577 g/mol. The summed E-state index contributed by atoms with van der Waals surface area (Å²) in [5, 5.41) is 0. The van der Waals surface area contributed by atoms with Gasteiger partial charge in [0.1, 0.15) is 0 Å². The Balaban J connectivity index is 4.17. The van der Waals surface area contributed by atoms with Crippen LogP contribution in [0.4, 0.5) is 0 Å². The summed E-state index contributed by atoms with van der Waals surface area (Å²) < 4.78 is 57.1. The van der Waals surface area contributed by atoms with Crippen LogP contribution in [0.25, 0.3) is 0 Å². The van der Waals surface area contributed by atoms with Crippen LogP contribution in [0.15, 0.2) is 0 Å². The zero-order valence-corrected chi connectivity index (χ0v) is 32.1. The fourth-order valence-corrected chi connectivity index (χ4v) is 26.4. The molecule has 0 aliphatic carbocycles. The quantitative estimate of drug-likeness (QED) is 0.122. The molecular formula is C28H64O8Si4. The number of hydrogen-bond donors (Lipinski definition) is 0. The van der Waals surface area contributed by atoms with Gasteiger partial charge in [-0.25, -0.2) is 0 Å². The normalized spacial score (nSPS) is 32.7. The van der Waals surface area contributed by atoms with E-state index in [0.717, 1.165) is 51.4 Å². The van der Waals surface area contributed by atoms with Crippen LogP contribution in [0, 0.1) is 0 Å². The molecule has 4 unspecified atom stereocenters. The molecule has 0 saturated carbocycles. The van der Waals surface area contributed by atoms with Gasteiger partial charge in [0.15, 0.2) is 0 Å². The van der Waals surface area contributed by atoms with Crippen molar-refractivity contribution >= 4 is 35.2 Å². The van der Waals surface area contributed by atoms with Gasteiger partial charge in [-0.3, -0.25) is 0 Å². The standard InChI is InChI=1S/C28H64O8Si4/c1-13-21-29-37(25(9)17-5)33-38(26(10)18-6,30-22-14-2)35-40(28(12)20-8,32-24-16-4)36-39(34-37,27(11)19-7)31-23-15-3/h25-28H,13-24H2,1-12H3. The lowest BCUT2D eigenvalue weighted by Crippen LogP contribution is -2.76. The van der Waals surface area contributed by atoms with E-state index in [4.69, 9.17) is 34.2 Å². The van der Waals surface area contributed by atoms with Crippen molar-refractivity contribution in [2.45, 2.75) is 157 Å². The second-order valence-electron chi connectivity index (χ2n) is 11.5. The maximum Gasteiger partial charge on any atom is 0.489 e. The lowest BCUT2D eigenvalue weighted by Gasteiger charge is -2.54. The van der Waals surface area contributed by atoms with Crippen molar-refractivity contribution in [3.05, 3.63) is 0 Å². The molecule has 1 aliphatic heterocycles. The largest absolute Gasteiger partial charge is 0.489 e. The van der Waals surface area contributed by atoms with Crippen molar-refractivity contribution < 1.29 is 34.2 Å². The Bertz CT molecular complexity index is 569. The SMILES string of the molecule is CCCO[Si]1(C(C)CC)O[Si](OCCC)(C(C)CC)O[Si](OCCC)(C(C)CC)O[Si](OCCC)(C(C)CC)O1. The van der Waals surface area contributed by atoms with Gasteiger partial charge in [0, 0.05) is 48.6 Å². The minimum atomic E-state index is -3.47. The number of hydrogen-bond acceptors (Lipinski definition) is 8. The molecule has 1 fully saturated rings. The maximum absolute atomic E-state index is 7.45. The molecule has 1 saturated heterocycles. The van der Waals surface area contributed by atoms with E-state index in [1.807, 2.05) is 0 Å². The third-order valence-electron chi connectivity index (χ3n) is 8.03. The monoisotopic (exact) mass is 640 g/mol. The van der Waals surface area contributed by atoms with Crippen LogP contribution >= 0.6 is 0 Å². The van der Waals surface area contributed by atoms with Crippen molar-refractivity contribution in [1.29, 1.82) is 0 Å². The minimum Gasteiger partial charge on any atom is -0.374 e. The van der Waals surface area contributed by atoms with Crippen molar-refractivity contribution in [2.24, 2.45) is 0 Å². The van der Waals surface area contributed by atoms with Gasteiger partial charge in [-0.2, -0.15) is 0 Å². The fraction of sp³-hybridized carbons (Fsp3) is 1.00. The highest BCUT2D eigenvalue weighted by Gasteiger charge is 2.72. The topological polar surface area (TPSA) is 73.8 Å². The molecule has 1 aliphatic rings. The third-order valence-corrected chi connectivity index (χ3v) is 26.0. The first-order valence-electron chi connectivity index (χ1n) is 16.4. The second kappa shape index (κ2) is 18.4. The van der Waals surface area contributed by atoms with E-state index in [1.54, 1.807) is 0 Å². The molecule has 240 valence electrons. The Morgan fingerprint density at radius 3 is 0.675 bits per heavy atom. The Labute approximate surface area is 251 Å². The predicted molar refractivity (Wildman–Crippen MR) is 171 cm³/mol. The molecule has 0 bridgehead atoms. The Hall–Kier alpha value is 0.548. The minimum absolute atomic E-state index is 0.0166. The van der Waals surface area contributed by atoms with E-state index in [9.17, 15) is 0 Å². The lowest BCUT2D eigenvalue weighted by atomic mass is 10.4. The lowest BCUT2D eigenvalue weighted by molar-refractivity contribution is -0.000877. The first-order valence-corrected chi connectivity index (χ1v) is 23.6. The van der Waals surface area contributed by atoms with E-state index in [0.29, 0.717) is 26.4 Å². The van der Waals surface area contributed by atoms with E-state index in [2.05, 4.69) is 83.1 Å². The average molecular weight is 641 g/mol. The third kappa shape index (κ3) is 9.27. The molecule has 0 radical (unpaired) electrons. The van der Waals surface area contributed by atoms with E-state index < -0.39 is 35.2 Å². The van der Waals surface area contributed by atoms with Gasteiger partial charge < -0.3 is 34.2 Å². The molecule has 1 heterocycles. The van der Waals surface area contributed by atoms with Gasteiger partial charge in [-0.05, 0) is 51.4 Å². The van der Waals surface area contributed by atoms with Crippen molar-refractivity contribution in [1.82, 2.24) is 0 Å². The highest BCUT2D eigenvalue weighted by molar-refractivity contribution is 6.90. The van der Waals surface area contributed by atoms with Crippen molar-refractivity contribution in [2.75, 3.05) is 26.4 Å². The molecule has 4 atom stereocenters. The van der Waals surface area contributed by atoms with Gasteiger partial charge in [-0.1, -0.05) is 83.1 Å². The molecule has 0 N–H and O–H groups in total. The van der Waals surface area contributed by atoms with Crippen LogP contribution in [0.5, 0.6) is 0 Å². The molecule has 40 heavy (non-hydrogen) atoms. The molecule has 0 aromatic rings. The Morgan fingerprint density at radius 1 is 0.375 bits per heavy atom. The molecule has 0 amide bonds. The molecule has 12 heteroatoms. The zero-order valence-electron chi connectivity index (χ0n) is 28.1. The van der Waals surface area contributed by atoms with Crippen LogP contribution in [-0.4, -0.2) is 61.6 Å². The summed E-state index contributed by atoms with van der Waals surface area (Å²) in [4.78, 5) is 0. The van der Waals surface area contributed by atoms with Gasteiger partial charge in [0.05, 0.1) is 0 Å². The number of rotatable bonds is 20. The van der Waals surface area contributed by atoms with E-state index in [-0.39, 0.29) is 22.2 Å². The summed E-state index contributed by atoms with van der Waals surface area (Å²) in [6.07, 6.45) is 6.78. The van der Waals surface area contributed by atoms with Crippen LogP contribution in [0.3, 0.4) is 0 Å². The second-order valence-corrected chi connectivity index (χ2v) is 24.6. The van der Waals surface area contributed by atoms with Crippen molar-refractivity contribution in [3.63, 3.8) is 0 Å². The Morgan fingerprint density at radius 2 is 0.550 bits per heavy atom. The van der Waals surface area contributed by atoms with Crippen LogP contribution in [0.1, 0.15) is 134 Å². The van der Waals surface area contributed by atoms with Crippen LogP contribution < -0.4 is 0 Å². The molecule has 1 rings (SSSR count). The zero-order chi connectivity index (χ0) is 30.5. The summed E-state index contributed by atoms with van der Waals surface area (Å²) in [5.41, 5.74) is 0.0663. The van der Waals surface area contributed by atoms with E-state index in [1.165, 1.54) is 0 Å². The highest BCUT2D eigenvalue weighted by atomic mass is 28.6. The van der Waals surface area contributed by atoms with Crippen LogP contribution in [0.2, 0.25) is 22.2 Å². The molecule has 0 aromatic carbocycles.